The van der Waals surface area contributed by atoms with Gasteiger partial charge in [0.25, 0.3) is 5.91 Å². The first kappa shape index (κ1) is 18.9. The summed E-state index contributed by atoms with van der Waals surface area (Å²) >= 11 is 3.39. The van der Waals surface area contributed by atoms with Crippen molar-refractivity contribution in [1.82, 2.24) is 15.1 Å². The van der Waals surface area contributed by atoms with Gasteiger partial charge in [0.05, 0.1) is 0 Å². The Morgan fingerprint density at radius 3 is 2.54 bits per heavy atom. The number of imide groups is 1. The van der Waals surface area contributed by atoms with Gasteiger partial charge in [-0.15, -0.1) is 0 Å². The summed E-state index contributed by atoms with van der Waals surface area (Å²) in [5.74, 6) is 0.285. The van der Waals surface area contributed by atoms with E-state index in [2.05, 4.69) is 35.1 Å². The molecule has 0 spiro atoms. The Morgan fingerprint density at radius 2 is 1.92 bits per heavy atom. The van der Waals surface area contributed by atoms with Crippen molar-refractivity contribution >= 4 is 33.8 Å². The van der Waals surface area contributed by atoms with Crippen LogP contribution in [0.2, 0.25) is 0 Å². The van der Waals surface area contributed by atoms with E-state index in [-0.39, 0.29) is 12.5 Å². The van der Waals surface area contributed by atoms with E-state index in [9.17, 15) is 14.4 Å². The first-order valence-electron chi connectivity index (χ1n) is 8.88. The van der Waals surface area contributed by atoms with Crippen LogP contribution in [0.4, 0.5) is 4.79 Å². The van der Waals surface area contributed by atoms with E-state index >= 15 is 0 Å². The van der Waals surface area contributed by atoms with E-state index < -0.39 is 17.5 Å². The number of rotatable bonds is 3. The molecule has 0 radical (unpaired) electrons. The van der Waals surface area contributed by atoms with Crippen LogP contribution >= 0.6 is 15.9 Å². The lowest BCUT2D eigenvalue weighted by Gasteiger charge is -2.35. The van der Waals surface area contributed by atoms with Gasteiger partial charge in [0, 0.05) is 17.6 Å². The Balaban J connectivity index is 1.76. The predicted octanol–water partition coefficient (Wildman–Crippen LogP) is 2.72. The Bertz CT molecular complexity index is 743. The van der Waals surface area contributed by atoms with Crippen LogP contribution in [-0.2, 0) is 15.1 Å². The van der Waals surface area contributed by atoms with Crippen molar-refractivity contribution in [3.05, 3.63) is 34.3 Å². The lowest BCUT2D eigenvalue weighted by atomic mass is 9.91. The van der Waals surface area contributed by atoms with Gasteiger partial charge in [-0.05, 0) is 42.9 Å². The number of halogens is 1. The van der Waals surface area contributed by atoms with Gasteiger partial charge in [-0.1, -0.05) is 41.9 Å². The summed E-state index contributed by atoms with van der Waals surface area (Å²) in [5, 5.41) is 2.75. The number of nitrogens with one attached hydrogen (secondary N) is 1. The lowest BCUT2D eigenvalue weighted by molar-refractivity contribution is -0.140. The molecule has 2 saturated heterocycles. The largest absolute Gasteiger partial charge is 0.341 e. The summed E-state index contributed by atoms with van der Waals surface area (Å²) in [6.45, 7) is 7.05. The minimum Gasteiger partial charge on any atom is -0.341 e. The first-order chi connectivity index (χ1) is 12.2. The topological polar surface area (TPSA) is 69.7 Å². The third-order valence-electron chi connectivity index (χ3n) is 5.19. The van der Waals surface area contributed by atoms with E-state index in [1.807, 2.05) is 12.1 Å². The molecular formula is C19H24BrN3O3. The summed E-state index contributed by atoms with van der Waals surface area (Å²) in [6.07, 6.45) is 1.09. The fourth-order valence-corrected chi connectivity index (χ4v) is 4.34. The van der Waals surface area contributed by atoms with Gasteiger partial charge in [-0.3, -0.25) is 14.5 Å². The van der Waals surface area contributed by atoms with E-state index in [1.165, 1.54) is 0 Å². The van der Waals surface area contributed by atoms with Crippen LogP contribution in [0, 0.1) is 11.8 Å². The number of urea groups is 1. The molecule has 1 N–H and O–H groups in total. The second-order valence-electron chi connectivity index (χ2n) is 7.70. The predicted molar refractivity (Wildman–Crippen MR) is 101 cm³/mol. The van der Waals surface area contributed by atoms with Crippen molar-refractivity contribution in [1.29, 1.82) is 0 Å². The average Bonchev–Trinajstić information content (AvgIpc) is 2.78. The molecule has 2 aliphatic rings. The fraction of sp³-hybridized carbons (Fsp3) is 0.526. The van der Waals surface area contributed by atoms with Crippen LogP contribution in [0.1, 0.15) is 32.8 Å². The van der Waals surface area contributed by atoms with Crippen LogP contribution in [0.5, 0.6) is 0 Å². The number of hydrogen-bond acceptors (Lipinski definition) is 3. The lowest BCUT2D eigenvalue weighted by Crippen LogP contribution is -2.48. The number of benzene rings is 1. The molecule has 3 atom stereocenters. The Kier molecular flexibility index (Phi) is 5.10. The fourth-order valence-electron chi connectivity index (χ4n) is 3.94. The van der Waals surface area contributed by atoms with Crippen LogP contribution in [-0.4, -0.2) is 47.3 Å². The van der Waals surface area contributed by atoms with Crippen molar-refractivity contribution in [2.75, 3.05) is 19.6 Å². The monoisotopic (exact) mass is 421 g/mol. The van der Waals surface area contributed by atoms with Gasteiger partial charge in [0.15, 0.2) is 0 Å². The zero-order valence-corrected chi connectivity index (χ0v) is 16.9. The maximum atomic E-state index is 13.0. The highest BCUT2D eigenvalue weighted by atomic mass is 79.9. The van der Waals surface area contributed by atoms with Gasteiger partial charge < -0.3 is 10.2 Å². The molecule has 1 aromatic rings. The summed E-state index contributed by atoms with van der Waals surface area (Å²) in [5.41, 5.74) is -0.482. The maximum Gasteiger partial charge on any atom is 0.325 e. The molecule has 0 saturated carbocycles. The van der Waals surface area contributed by atoms with E-state index in [4.69, 9.17) is 0 Å². The van der Waals surface area contributed by atoms with Crippen molar-refractivity contribution in [3.8, 4) is 0 Å². The highest BCUT2D eigenvalue weighted by molar-refractivity contribution is 9.10. The van der Waals surface area contributed by atoms with Crippen molar-refractivity contribution in [2.24, 2.45) is 11.8 Å². The van der Waals surface area contributed by atoms with Crippen LogP contribution < -0.4 is 5.32 Å². The zero-order valence-electron chi connectivity index (χ0n) is 15.3. The third-order valence-corrected chi connectivity index (χ3v) is 5.69. The summed E-state index contributed by atoms with van der Waals surface area (Å²) < 4.78 is 0.823. The highest BCUT2D eigenvalue weighted by Gasteiger charge is 2.49. The molecule has 7 heteroatoms. The minimum atomic E-state index is -1.16. The summed E-state index contributed by atoms with van der Waals surface area (Å²) in [7, 11) is 0. The first-order valence-corrected chi connectivity index (χ1v) is 9.68. The van der Waals surface area contributed by atoms with E-state index in [0.29, 0.717) is 30.5 Å². The quantitative estimate of drug-likeness (QED) is 0.762. The molecule has 6 nitrogen and oxygen atoms in total. The van der Waals surface area contributed by atoms with E-state index in [1.54, 1.807) is 24.0 Å². The molecular weight excluding hydrogens is 398 g/mol. The molecule has 2 heterocycles. The van der Waals surface area contributed by atoms with Gasteiger partial charge in [0.1, 0.15) is 12.1 Å². The standard InChI is InChI=1S/C19H24BrN3O3/c1-12-7-13(2)10-22(9-12)16(24)11-23-17(25)19(3,21-18(23)26)14-5-4-6-15(20)8-14/h4-6,8,12-13H,7,9-11H2,1-3H3,(H,21,26)/t12-,13-,19-/m1/s1. The molecule has 1 aromatic carbocycles. The molecule has 4 amide bonds. The molecule has 3 rings (SSSR count). The number of amides is 4. The molecule has 0 bridgehead atoms. The normalized spacial score (nSPS) is 29.1. The minimum absolute atomic E-state index is 0.176. The number of carbonyl (C=O) groups is 3. The Hall–Kier alpha value is -1.89. The smallest absolute Gasteiger partial charge is 0.325 e. The maximum absolute atomic E-state index is 13.0. The molecule has 2 aliphatic heterocycles. The zero-order chi connectivity index (χ0) is 19.1. The Labute approximate surface area is 162 Å². The van der Waals surface area contributed by atoms with Gasteiger partial charge in [0.2, 0.25) is 5.91 Å². The number of carbonyl (C=O) groups excluding carboxylic acids is 3. The highest BCUT2D eigenvalue weighted by Crippen LogP contribution is 2.30. The molecule has 0 aliphatic carbocycles. The second kappa shape index (κ2) is 7.02. The van der Waals surface area contributed by atoms with Crippen molar-refractivity contribution in [3.63, 3.8) is 0 Å². The third kappa shape index (κ3) is 3.49. The van der Waals surface area contributed by atoms with Gasteiger partial charge in [-0.2, -0.15) is 0 Å². The number of likely N-dealkylation sites (tertiary alicyclic amines) is 1. The number of hydrogen-bond donors (Lipinski definition) is 1. The molecule has 0 unspecified atom stereocenters. The summed E-state index contributed by atoms with van der Waals surface area (Å²) in [6, 6.07) is 6.74. The van der Waals surface area contributed by atoms with Gasteiger partial charge >= 0.3 is 6.03 Å². The molecule has 0 aromatic heterocycles. The molecule has 140 valence electrons. The van der Waals surface area contributed by atoms with E-state index in [0.717, 1.165) is 15.8 Å². The average molecular weight is 422 g/mol. The van der Waals surface area contributed by atoms with Gasteiger partial charge in [-0.25, -0.2) is 4.79 Å². The van der Waals surface area contributed by atoms with Crippen molar-refractivity contribution < 1.29 is 14.4 Å². The molecule has 26 heavy (non-hydrogen) atoms. The number of piperidine rings is 1. The Morgan fingerprint density at radius 1 is 1.27 bits per heavy atom. The summed E-state index contributed by atoms with van der Waals surface area (Å²) in [4.78, 5) is 40.9. The SMILES string of the molecule is C[C@@H]1C[C@@H](C)CN(C(=O)CN2C(=O)N[C@](C)(c3cccc(Br)c3)C2=O)C1. The number of nitrogens with zero attached hydrogens (tertiary/aromatic N) is 2. The van der Waals surface area contributed by atoms with Crippen LogP contribution in [0.15, 0.2) is 28.7 Å². The van der Waals surface area contributed by atoms with Crippen molar-refractivity contribution in [2.45, 2.75) is 32.7 Å². The van der Waals surface area contributed by atoms with Crippen LogP contribution in [0.25, 0.3) is 0 Å². The second-order valence-corrected chi connectivity index (χ2v) is 8.62. The van der Waals surface area contributed by atoms with Crippen LogP contribution in [0.3, 0.4) is 0 Å². The molecule has 2 fully saturated rings.